The number of fused-ring (bicyclic) bond motifs is 1. The molecule has 2 N–H and O–H groups in total. The van der Waals surface area contributed by atoms with E-state index in [1.54, 1.807) is 12.4 Å². The van der Waals surface area contributed by atoms with Gasteiger partial charge in [-0.2, -0.15) is 4.98 Å². The summed E-state index contributed by atoms with van der Waals surface area (Å²) in [6.45, 7) is 5.32. The molecule has 0 saturated carbocycles. The summed E-state index contributed by atoms with van der Waals surface area (Å²) in [4.78, 5) is 16.9. The van der Waals surface area contributed by atoms with Crippen LogP contribution in [0.15, 0.2) is 24.5 Å². The van der Waals surface area contributed by atoms with Crippen LogP contribution in [0.25, 0.3) is 22.4 Å². The van der Waals surface area contributed by atoms with Gasteiger partial charge in [0.05, 0.1) is 24.8 Å². The predicted octanol–water partition coefficient (Wildman–Crippen LogP) is 2.56. The topological polar surface area (TPSA) is 113 Å². The number of aryl methyl sites for hydroxylation is 1. The van der Waals surface area contributed by atoms with Crippen molar-refractivity contribution in [2.45, 2.75) is 32.7 Å². The largest absolute Gasteiger partial charge is 0.478 e. The van der Waals surface area contributed by atoms with Gasteiger partial charge in [0.1, 0.15) is 11.3 Å². The number of H-pyrrole nitrogens is 1. The first-order chi connectivity index (χ1) is 14.3. The van der Waals surface area contributed by atoms with E-state index in [2.05, 4.69) is 15.3 Å². The van der Waals surface area contributed by atoms with Gasteiger partial charge in [-0.05, 0) is 38.8 Å². The SMILES string of the molecule is CCOc1nc(NC2CCCN(S(C)(=O)=O)C2)c(-c2cnc3[nH]ccc3n2)cc1C. The fraction of sp³-hybridized carbons (Fsp3) is 0.450. The predicted molar refractivity (Wildman–Crippen MR) is 116 cm³/mol. The molecule has 3 aromatic heterocycles. The standard InChI is InChI=1S/C20H26N6O3S/c1-4-29-20-13(2)10-15(17-11-22-19-16(24-17)7-8-21-19)18(25-20)23-14-6-5-9-26(12-14)30(3,27)28/h7-8,10-11,14H,4-6,9,12H2,1-3H3,(H,21,22)(H,23,25). The second kappa shape index (κ2) is 8.19. The molecule has 9 nitrogen and oxygen atoms in total. The van der Waals surface area contributed by atoms with Gasteiger partial charge < -0.3 is 15.0 Å². The molecule has 0 bridgehead atoms. The fourth-order valence-corrected chi connectivity index (χ4v) is 4.61. The molecule has 1 atom stereocenters. The van der Waals surface area contributed by atoms with Gasteiger partial charge in [0.15, 0.2) is 5.65 Å². The number of aromatic amines is 1. The van der Waals surface area contributed by atoms with E-state index in [4.69, 9.17) is 14.7 Å². The van der Waals surface area contributed by atoms with E-state index in [1.807, 2.05) is 26.0 Å². The molecule has 0 radical (unpaired) electrons. The number of ether oxygens (including phenoxy) is 1. The van der Waals surface area contributed by atoms with Crippen molar-refractivity contribution in [3.63, 3.8) is 0 Å². The molecular formula is C20H26N6O3S. The maximum atomic E-state index is 12.0. The maximum absolute atomic E-state index is 12.0. The number of sulfonamides is 1. The summed E-state index contributed by atoms with van der Waals surface area (Å²) >= 11 is 0. The molecule has 1 aliphatic heterocycles. The number of hydrogen-bond acceptors (Lipinski definition) is 7. The Morgan fingerprint density at radius 2 is 2.20 bits per heavy atom. The lowest BCUT2D eigenvalue weighted by molar-refractivity contribution is 0.321. The van der Waals surface area contributed by atoms with Crippen LogP contribution in [-0.4, -0.2) is 64.7 Å². The van der Waals surface area contributed by atoms with Gasteiger partial charge in [0, 0.05) is 36.5 Å². The molecule has 1 unspecified atom stereocenters. The Balaban J connectivity index is 1.72. The lowest BCUT2D eigenvalue weighted by Crippen LogP contribution is -2.44. The van der Waals surface area contributed by atoms with Crippen molar-refractivity contribution in [3.8, 4) is 17.1 Å². The van der Waals surface area contributed by atoms with Crippen molar-refractivity contribution in [1.82, 2.24) is 24.2 Å². The molecule has 0 aromatic carbocycles. The average molecular weight is 431 g/mol. The van der Waals surface area contributed by atoms with Gasteiger partial charge in [0.25, 0.3) is 0 Å². The molecule has 3 aromatic rings. The number of hydrogen-bond donors (Lipinski definition) is 2. The smallest absolute Gasteiger partial charge is 0.218 e. The second-order valence-corrected chi connectivity index (χ2v) is 9.49. The summed E-state index contributed by atoms with van der Waals surface area (Å²) < 4.78 is 31.2. The van der Waals surface area contributed by atoms with Crippen LogP contribution in [-0.2, 0) is 10.0 Å². The number of nitrogens with one attached hydrogen (secondary N) is 2. The van der Waals surface area contributed by atoms with Crippen LogP contribution in [0, 0.1) is 6.92 Å². The second-order valence-electron chi connectivity index (χ2n) is 7.51. The van der Waals surface area contributed by atoms with Crippen molar-refractivity contribution in [2.24, 2.45) is 0 Å². The van der Waals surface area contributed by atoms with E-state index >= 15 is 0 Å². The molecule has 4 heterocycles. The summed E-state index contributed by atoms with van der Waals surface area (Å²) in [6, 6.07) is 3.81. The molecule has 30 heavy (non-hydrogen) atoms. The molecule has 0 spiro atoms. The monoisotopic (exact) mass is 430 g/mol. The van der Waals surface area contributed by atoms with Gasteiger partial charge in [-0.1, -0.05) is 0 Å². The molecule has 1 saturated heterocycles. The Kier molecular flexibility index (Phi) is 5.61. The highest BCUT2D eigenvalue weighted by Gasteiger charge is 2.27. The molecule has 10 heteroatoms. The van der Waals surface area contributed by atoms with Gasteiger partial charge in [-0.3, -0.25) is 0 Å². The van der Waals surface area contributed by atoms with Crippen molar-refractivity contribution < 1.29 is 13.2 Å². The van der Waals surface area contributed by atoms with Crippen molar-refractivity contribution in [2.75, 3.05) is 31.3 Å². The quantitative estimate of drug-likeness (QED) is 0.618. The van der Waals surface area contributed by atoms with Crippen molar-refractivity contribution >= 4 is 27.0 Å². The minimum atomic E-state index is -3.23. The van der Waals surface area contributed by atoms with Crippen molar-refractivity contribution in [1.29, 1.82) is 0 Å². The van der Waals surface area contributed by atoms with Crippen LogP contribution in [0.4, 0.5) is 5.82 Å². The van der Waals surface area contributed by atoms with Crippen molar-refractivity contribution in [3.05, 3.63) is 30.1 Å². The molecule has 160 valence electrons. The van der Waals surface area contributed by atoms with Crippen LogP contribution in [0.2, 0.25) is 0 Å². The Morgan fingerprint density at radius 3 is 2.97 bits per heavy atom. The molecular weight excluding hydrogens is 404 g/mol. The zero-order valence-electron chi connectivity index (χ0n) is 17.3. The van der Waals surface area contributed by atoms with E-state index < -0.39 is 10.0 Å². The highest BCUT2D eigenvalue weighted by molar-refractivity contribution is 7.88. The normalized spacial score (nSPS) is 17.9. The van der Waals surface area contributed by atoms with E-state index in [1.165, 1.54) is 10.6 Å². The van der Waals surface area contributed by atoms with E-state index in [9.17, 15) is 8.42 Å². The third kappa shape index (κ3) is 4.24. The number of aromatic nitrogens is 4. The van der Waals surface area contributed by atoms with Gasteiger partial charge in [-0.15, -0.1) is 0 Å². The number of anilines is 1. The molecule has 1 fully saturated rings. The van der Waals surface area contributed by atoms with E-state index in [-0.39, 0.29) is 6.04 Å². The summed E-state index contributed by atoms with van der Waals surface area (Å²) in [5.74, 6) is 1.17. The highest BCUT2D eigenvalue weighted by Crippen LogP contribution is 2.32. The first-order valence-electron chi connectivity index (χ1n) is 10.0. The van der Waals surface area contributed by atoms with Gasteiger partial charge in [0.2, 0.25) is 15.9 Å². The minimum Gasteiger partial charge on any atom is -0.478 e. The van der Waals surface area contributed by atoms with Crippen LogP contribution in [0.5, 0.6) is 5.88 Å². The van der Waals surface area contributed by atoms with E-state index in [0.29, 0.717) is 37.1 Å². The van der Waals surface area contributed by atoms with Crippen LogP contribution >= 0.6 is 0 Å². The van der Waals surface area contributed by atoms with Gasteiger partial charge in [-0.25, -0.2) is 22.7 Å². The Bertz CT molecular complexity index is 1160. The Morgan fingerprint density at radius 1 is 1.37 bits per heavy atom. The maximum Gasteiger partial charge on any atom is 0.218 e. The third-order valence-electron chi connectivity index (χ3n) is 5.18. The minimum absolute atomic E-state index is 0.0548. The summed E-state index contributed by atoms with van der Waals surface area (Å²) in [6.07, 6.45) is 6.41. The zero-order valence-corrected chi connectivity index (χ0v) is 18.2. The number of pyridine rings is 1. The first-order valence-corrected chi connectivity index (χ1v) is 11.9. The first kappa shape index (κ1) is 20.5. The molecule has 0 aliphatic carbocycles. The van der Waals surface area contributed by atoms with Crippen LogP contribution in [0.1, 0.15) is 25.3 Å². The highest BCUT2D eigenvalue weighted by atomic mass is 32.2. The van der Waals surface area contributed by atoms with Crippen LogP contribution < -0.4 is 10.1 Å². The zero-order chi connectivity index (χ0) is 21.3. The Labute approximate surface area is 176 Å². The molecule has 4 rings (SSSR count). The summed E-state index contributed by atoms with van der Waals surface area (Å²) in [5.41, 5.74) is 3.89. The number of piperidine rings is 1. The number of rotatable bonds is 6. The summed E-state index contributed by atoms with van der Waals surface area (Å²) in [7, 11) is -3.23. The lowest BCUT2D eigenvalue weighted by Gasteiger charge is -2.32. The summed E-state index contributed by atoms with van der Waals surface area (Å²) in [5, 5.41) is 3.45. The lowest BCUT2D eigenvalue weighted by atomic mass is 10.1. The number of nitrogens with zero attached hydrogens (tertiary/aromatic N) is 4. The van der Waals surface area contributed by atoms with E-state index in [0.717, 1.165) is 35.1 Å². The molecule has 0 amide bonds. The third-order valence-corrected chi connectivity index (χ3v) is 6.45. The van der Waals surface area contributed by atoms with Crippen LogP contribution in [0.3, 0.4) is 0 Å². The van der Waals surface area contributed by atoms with Gasteiger partial charge >= 0.3 is 0 Å². The molecule has 1 aliphatic rings. The Hall–Kier alpha value is -2.72. The fourth-order valence-electron chi connectivity index (χ4n) is 3.70. The average Bonchev–Trinajstić information content (AvgIpc) is 3.18.